The minimum absolute atomic E-state index is 0.0729. The lowest BCUT2D eigenvalue weighted by atomic mass is 10.0. The number of aromatic nitrogens is 4. The first kappa shape index (κ1) is 20.2. The molecule has 3 heterocycles. The zero-order valence-electron chi connectivity index (χ0n) is 16.8. The molecule has 0 bridgehead atoms. The van der Waals surface area contributed by atoms with E-state index in [-0.39, 0.29) is 6.10 Å². The number of hydrogen-bond donors (Lipinski definition) is 2. The molecule has 0 spiro atoms. The molecule has 1 unspecified atom stereocenters. The molecule has 3 rings (SSSR count). The van der Waals surface area contributed by atoms with Crippen molar-refractivity contribution < 1.29 is 4.74 Å². The summed E-state index contributed by atoms with van der Waals surface area (Å²) in [5.41, 5.74) is 8.37. The van der Waals surface area contributed by atoms with Crippen molar-refractivity contribution in [2.24, 2.45) is 5.73 Å². The molecule has 7 nitrogen and oxygen atoms in total. The Morgan fingerprint density at radius 2 is 2.36 bits per heavy atom. The third-order valence-corrected chi connectivity index (χ3v) is 4.81. The molecule has 1 saturated heterocycles. The maximum absolute atomic E-state index is 5.76. The van der Waals surface area contributed by atoms with Gasteiger partial charge in [-0.05, 0) is 64.5 Å². The standard InChI is InChI=1S/C21H30N6O/c1-4-18(28-15(2)3)12-17-13-24-26-20(17)21-23-9-6-19(25-21)16-7-11-27(14-16)10-5-8-22/h4,6,9,12-13,15-16H,1,5,7-8,10-11,14,22H2,2-3H3,(H,24,26)/b18-12+. The molecular formula is C21H30N6O. The molecule has 2 aromatic heterocycles. The van der Waals surface area contributed by atoms with Crippen molar-refractivity contribution in [3.63, 3.8) is 0 Å². The Labute approximate surface area is 166 Å². The number of hydrogen-bond acceptors (Lipinski definition) is 6. The van der Waals surface area contributed by atoms with E-state index in [9.17, 15) is 0 Å². The van der Waals surface area contributed by atoms with Gasteiger partial charge in [0.1, 0.15) is 11.5 Å². The molecule has 0 amide bonds. The van der Waals surface area contributed by atoms with Gasteiger partial charge in [-0.3, -0.25) is 5.10 Å². The topological polar surface area (TPSA) is 93.0 Å². The number of rotatable bonds is 9. The molecular weight excluding hydrogens is 352 g/mol. The van der Waals surface area contributed by atoms with Gasteiger partial charge in [-0.25, -0.2) is 9.97 Å². The Kier molecular flexibility index (Phi) is 6.95. The summed E-state index contributed by atoms with van der Waals surface area (Å²) in [5, 5.41) is 7.20. The predicted molar refractivity (Wildman–Crippen MR) is 111 cm³/mol. The molecule has 1 aliphatic heterocycles. The summed E-state index contributed by atoms with van der Waals surface area (Å²) in [6, 6.07) is 2.02. The Morgan fingerprint density at radius 3 is 3.11 bits per heavy atom. The van der Waals surface area contributed by atoms with E-state index in [4.69, 9.17) is 15.5 Å². The van der Waals surface area contributed by atoms with Crippen LogP contribution in [0.15, 0.2) is 36.9 Å². The van der Waals surface area contributed by atoms with Crippen LogP contribution in [0.25, 0.3) is 17.6 Å². The summed E-state index contributed by atoms with van der Waals surface area (Å²) in [5.74, 6) is 1.77. The Hall–Kier alpha value is -2.51. The quantitative estimate of drug-likeness (QED) is 0.512. The third-order valence-electron chi connectivity index (χ3n) is 4.81. The Balaban J connectivity index is 1.79. The molecule has 1 atom stereocenters. The van der Waals surface area contributed by atoms with Crippen LogP contribution in [-0.2, 0) is 4.74 Å². The first-order valence-corrected chi connectivity index (χ1v) is 9.90. The third kappa shape index (κ3) is 5.05. The fourth-order valence-corrected chi connectivity index (χ4v) is 3.46. The first-order valence-electron chi connectivity index (χ1n) is 9.90. The van der Waals surface area contributed by atoms with Gasteiger partial charge in [-0.2, -0.15) is 5.10 Å². The number of likely N-dealkylation sites (tertiary alicyclic amines) is 1. The summed E-state index contributed by atoms with van der Waals surface area (Å²) in [6.45, 7) is 11.7. The highest BCUT2D eigenvalue weighted by Gasteiger charge is 2.25. The lowest BCUT2D eigenvalue weighted by Crippen LogP contribution is -2.23. The average molecular weight is 383 g/mol. The highest BCUT2D eigenvalue weighted by atomic mass is 16.5. The van der Waals surface area contributed by atoms with Crippen molar-refractivity contribution in [2.75, 3.05) is 26.2 Å². The largest absolute Gasteiger partial charge is 0.491 e. The molecule has 1 aliphatic rings. The minimum atomic E-state index is 0.0729. The number of nitrogens with two attached hydrogens (primary N) is 1. The summed E-state index contributed by atoms with van der Waals surface area (Å²) >= 11 is 0. The Morgan fingerprint density at radius 1 is 1.50 bits per heavy atom. The van der Waals surface area contributed by atoms with Gasteiger partial charge in [0.15, 0.2) is 5.82 Å². The number of aromatic amines is 1. The van der Waals surface area contributed by atoms with E-state index in [0.717, 1.165) is 56.0 Å². The summed E-state index contributed by atoms with van der Waals surface area (Å²) in [4.78, 5) is 11.8. The molecule has 2 aromatic rings. The molecule has 0 aromatic carbocycles. The van der Waals surface area contributed by atoms with Crippen LogP contribution in [0.1, 0.15) is 43.9 Å². The van der Waals surface area contributed by atoms with Gasteiger partial charge in [0.25, 0.3) is 0 Å². The number of ether oxygens (including phenoxy) is 1. The highest BCUT2D eigenvalue weighted by Crippen LogP contribution is 2.28. The van der Waals surface area contributed by atoms with Crippen molar-refractivity contribution in [3.05, 3.63) is 48.1 Å². The van der Waals surface area contributed by atoms with Crippen LogP contribution in [0, 0.1) is 0 Å². The van der Waals surface area contributed by atoms with Gasteiger partial charge in [0, 0.05) is 29.9 Å². The van der Waals surface area contributed by atoms with Crippen LogP contribution in [-0.4, -0.2) is 57.3 Å². The molecule has 3 N–H and O–H groups in total. The molecule has 150 valence electrons. The van der Waals surface area contributed by atoms with Crippen LogP contribution in [0.2, 0.25) is 0 Å². The van der Waals surface area contributed by atoms with E-state index in [1.165, 1.54) is 0 Å². The summed E-state index contributed by atoms with van der Waals surface area (Å²) < 4.78 is 5.76. The molecule has 28 heavy (non-hydrogen) atoms. The van der Waals surface area contributed by atoms with Crippen LogP contribution in [0.5, 0.6) is 0 Å². The second kappa shape index (κ2) is 9.61. The Bertz CT molecular complexity index is 813. The van der Waals surface area contributed by atoms with Crippen LogP contribution >= 0.6 is 0 Å². The zero-order chi connectivity index (χ0) is 19.9. The molecule has 0 aliphatic carbocycles. The SMILES string of the molecule is C=C/C(=C\c1cn[nH]c1-c1nccc(C2CCN(CCCN)C2)n1)OC(C)C. The average Bonchev–Trinajstić information content (AvgIpc) is 3.35. The normalized spacial score (nSPS) is 18.0. The second-order valence-corrected chi connectivity index (χ2v) is 7.35. The van der Waals surface area contributed by atoms with Gasteiger partial charge in [0.2, 0.25) is 0 Å². The minimum Gasteiger partial charge on any atom is -0.491 e. The van der Waals surface area contributed by atoms with Gasteiger partial charge in [-0.1, -0.05) is 6.58 Å². The van der Waals surface area contributed by atoms with Crippen LogP contribution < -0.4 is 5.73 Å². The molecule has 1 fully saturated rings. The van der Waals surface area contributed by atoms with Gasteiger partial charge in [-0.15, -0.1) is 0 Å². The smallest absolute Gasteiger partial charge is 0.178 e. The summed E-state index contributed by atoms with van der Waals surface area (Å²) in [7, 11) is 0. The van der Waals surface area contributed by atoms with Gasteiger partial charge >= 0.3 is 0 Å². The first-order chi connectivity index (χ1) is 13.6. The van der Waals surface area contributed by atoms with E-state index in [1.54, 1.807) is 12.3 Å². The number of nitrogens with one attached hydrogen (secondary N) is 1. The van der Waals surface area contributed by atoms with Crippen LogP contribution in [0.3, 0.4) is 0 Å². The maximum Gasteiger partial charge on any atom is 0.178 e. The van der Waals surface area contributed by atoms with Crippen molar-refractivity contribution in [2.45, 2.75) is 38.7 Å². The molecule has 0 saturated carbocycles. The van der Waals surface area contributed by atoms with Gasteiger partial charge < -0.3 is 15.4 Å². The second-order valence-electron chi connectivity index (χ2n) is 7.35. The maximum atomic E-state index is 5.76. The van der Waals surface area contributed by atoms with Crippen molar-refractivity contribution in [1.29, 1.82) is 0 Å². The number of allylic oxidation sites excluding steroid dienone is 1. The fraction of sp³-hybridized carbons (Fsp3) is 0.476. The van der Waals surface area contributed by atoms with E-state index in [2.05, 4.69) is 26.7 Å². The predicted octanol–water partition coefficient (Wildman–Crippen LogP) is 2.96. The van der Waals surface area contributed by atoms with E-state index >= 15 is 0 Å². The van der Waals surface area contributed by atoms with Crippen LogP contribution in [0.4, 0.5) is 0 Å². The van der Waals surface area contributed by atoms with Crippen molar-refractivity contribution in [3.8, 4) is 11.5 Å². The molecule has 0 radical (unpaired) electrons. The summed E-state index contributed by atoms with van der Waals surface area (Å²) in [6.07, 6.45) is 9.41. The van der Waals surface area contributed by atoms with Gasteiger partial charge in [0.05, 0.1) is 12.3 Å². The van der Waals surface area contributed by atoms with E-state index < -0.39 is 0 Å². The van der Waals surface area contributed by atoms with E-state index in [0.29, 0.717) is 17.5 Å². The van der Waals surface area contributed by atoms with Crippen molar-refractivity contribution in [1.82, 2.24) is 25.1 Å². The lowest BCUT2D eigenvalue weighted by Gasteiger charge is -2.15. The monoisotopic (exact) mass is 382 g/mol. The molecule has 7 heteroatoms. The number of nitrogens with zero attached hydrogens (tertiary/aromatic N) is 4. The fourth-order valence-electron chi connectivity index (χ4n) is 3.46. The zero-order valence-corrected chi connectivity index (χ0v) is 16.8. The highest BCUT2D eigenvalue weighted by molar-refractivity contribution is 5.68. The van der Waals surface area contributed by atoms with E-state index in [1.807, 2.05) is 32.2 Å². The van der Waals surface area contributed by atoms with Crippen molar-refractivity contribution >= 4 is 6.08 Å². The number of H-pyrrole nitrogens is 1. The lowest BCUT2D eigenvalue weighted by molar-refractivity contribution is 0.160.